The monoisotopic (exact) mass is 215 g/mol. The molecule has 1 saturated carbocycles. The normalized spacial score (nSPS) is 18.7. The molecule has 1 atom stereocenters. The third kappa shape index (κ3) is 1.86. The lowest BCUT2D eigenvalue weighted by molar-refractivity contribution is 0.255. The van der Waals surface area contributed by atoms with Crippen LogP contribution in [-0.4, -0.2) is 0 Å². The molecule has 4 heteroatoms. The second-order valence-electron chi connectivity index (χ2n) is 4.00. The van der Waals surface area contributed by atoms with Gasteiger partial charge in [-0.2, -0.15) is 0 Å². The van der Waals surface area contributed by atoms with Gasteiger partial charge in [-0.3, -0.25) is 0 Å². The first-order chi connectivity index (χ1) is 7.09. The van der Waals surface area contributed by atoms with Gasteiger partial charge in [0.25, 0.3) is 0 Å². The van der Waals surface area contributed by atoms with Gasteiger partial charge in [0.15, 0.2) is 0 Å². The molecular weight excluding hydrogens is 203 g/mol. The van der Waals surface area contributed by atoms with E-state index >= 15 is 0 Å². The second kappa shape index (κ2) is 3.85. The summed E-state index contributed by atoms with van der Waals surface area (Å²) in [5.41, 5.74) is 5.57. The number of nitrogens with two attached hydrogens (primary N) is 1. The minimum atomic E-state index is -0.908. The van der Waals surface area contributed by atoms with E-state index in [1.807, 2.05) is 0 Å². The lowest BCUT2D eigenvalue weighted by atomic mass is 9.77. The van der Waals surface area contributed by atoms with Crippen LogP contribution in [0.25, 0.3) is 0 Å². The molecule has 0 saturated heterocycles. The Kier molecular flexibility index (Phi) is 2.69. The highest BCUT2D eigenvalue weighted by atomic mass is 19.1. The van der Waals surface area contributed by atoms with Crippen molar-refractivity contribution in [3.63, 3.8) is 0 Å². The van der Waals surface area contributed by atoms with Crippen molar-refractivity contribution in [2.75, 3.05) is 0 Å². The van der Waals surface area contributed by atoms with Gasteiger partial charge in [0.05, 0.1) is 0 Å². The first kappa shape index (κ1) is 10.5. The van der Waals surface area contributed by atoms with E-state index in [-0.39, 0.29) is 11.5 Å². The molecule has 1 fully saturated rings. The van der Waals surface area contributed by atoms with E-state index in [9.17, 15) is 13.2 Å². The Morgan fingerprint density at radius 3 is 2.07 bits per heavy atom. The van der Waals surface area contributed by atoms with E-state index in [2.05, 4.69) is 0 Å². The average Bonchev–Trinajstić information content (AvgIpc) is 1.97. The van der Waals surface area contributed by atoms with Gasteiger partial charge in [-0.05, 0) is 18.8 Å². The van der Waals surface area contributed by atoms with E-state index in [1.54, 1.807) is 0 Å². The Bertz CT molecular complexity index is 351. The third-order valence-electron chi connectivity index (χ3n) is 3.03. The van der Waals surface area contributed by atoms with Crippen molar-refractivity contribution in [1.82, 2.24) is 0 Å². The SMILES string of the molecule is N[C@@H](c1c(F)cc(F)cc1F)C1CCC1. The molecule has 0 spiro atoms. The molecule has 1 aliphatic carbocycles. The molecule has 15 heavy (non-hydrogen) atoms. The Labute approximate surface area is 86.1 Å². The van der Waals surface area contributed by atoms with Crippen LogP contribution in [0.1, 0.15) is 30.9 Å². The first-order valence-electron chi connectivity index (χ1n) is 4.99. The fourth-order valence-corrected chi connectivity index (χ4v) is 1.91. The summed E-state index contributed by atoms with van der Waals surface area (Å²) in [6.45, 7) is 0. The Hall–Kier alpha value is -1.03. The smallest absolute Gasteiger partial charge is 0.133 e. The average molecular weight is 215 g/mol. The minimum Gasteiger partial charge on any atom is -0.324 e. The van der Waals surface area contributed by atoms with E-state index in [0.29, 0.717) is 12.1 Å². The highest BCUT2D eigenvalue weighted by molar-refractivity contribution is 5.25. The molecule has 0 aliphatic heterocycles. The summed E-state index contributed by atoms with van der Waals surface area (Å²) in [5.74, 6) is -2.55. The van der Waals surface area contributed by atoms with E-state index in [0.717, 1.165) is 19.3 Å². The van der Waals surface area contributed by atoms with Crippen LogP contribution in [0.5, 0.6) is 0 Å². The van der Waals surface area contributed by atoms with Crippen LogP contribution in [0, 0.1) is 23.4 Å². The molecule has 0 amide bonds. The number of benzene rings is 1. The molecule has 0 aromatic heterocycles. The quantitative estimate of drug-likeness (QED) is 0.806. The van der Waals surface area contributed by atoms with Crippen LogP contribution in [0.15, 0.2) is 12.1 Å². The van der Waals surface area contributed by atoms with Gasteiger partial charge in [-0.1, -0.05) is 6.42 Å². The molecule has 1 aromatic rings. The molecular formula is C11H12F3N. The highest BCUT2D eigenvalue weighted by Gasteiger charge is 2.29. The maximum absolute atomic E-state index is 13.3. The van der Waals surface area contributed by atoms with Gasteiger partial charge >= 0.3 is 0 Å². The van der Waals surface area contributed by atoms with Gasteiger partial charge < -0.3 is 5.73 Å². The zero-order valence-electron chi connectivity index (χ0n) is 8.14. The molecule has 0 heterocycles. The van der Waals surface area contributed by atoms with Crippen molar-refractivity contribution in [1.29, 1.82) is 0 Å². The fraction of sp³-hybridized carbons (Fsp3) is 0.455. The van der Waals surface area contributed by atoms with Crippen LogP contribution >= 0.6 is 0 Å². The summed E-state index contributed by atoms with van der Waals surface area (Å²) in [6.07, 6.45) is 2.82. The van der Waals surface area contributed by atoms with Crippen molar-refractivity contribution in [2.45, 2.75) is 25.3 Å². The summed E-state index contributed by atoms with van der Waals surface area (Å²) in [4.78, 5) is 0. The lowest BCUT2D eigenvalue weighted by Crippen LogP contribution is -2.28. The second-order valence-corrected chi connectivity index (χ2v) is 4.00. The molecule has 0 radical (unpaired) electrons. The number of rotatable bonds is 2. The molecule has 0 bridgehead atoms. The van der Waals surface area contributed by atoms with Crippen molar-refractivity contribution in [2.24, 2.45) is 11.7 Å². The summed E-state index contributed by atoms with van der Waals surface area (Å²) < 4.78 is 39.3. The molecule has 82 valence electrons. The van der Waals surface area contributed by atoms with E-state index in [4.69, 9.17) is 5.73 Å². The Balaban J connectivity index is 2.33. The Morgan fingerprint density at radius 2 is 1.67 bits per heavy atom. The van der Waals surface area contributed by atoms with Gasteiger partial charge in [0.2, 0.25) is 0 Å². The molecule has 1 nitrogen and oxygen atoms in total. The van der Waals surface area contributed by atoms with Crippen LogP contribution in [0.2, 0.25) is 0 Å². The van der Waals surface area contributed by atoms with Crippen molar-refractivity contribution in [3.8, 4) is 0 Å². The van der Waals surface area contributed by atoms with Crippen molar-refractivity contribution >= 4 is 0 Å². The summed E-state index contributed by atoms with van der Waals surface area (Å²) in [7, 11) is 0. The minimum absolute atomic E-state index is 0.125. The van der Waals surface area contributed by atoms with Gasteiger partial charge in [-0.15, -0.1) is 0 Å². The van der Waals surface area contributed by atoms with Crippen LogP contribution in [-0.2, 0) is 0 Å². The summed E-state index contributed by atoms with van der Waals surface area (Å²) in [6, 6.07) is 0.702. The first-order valence-corrected chi connectivity index (χ1v) is 4.99. The highest BCUT2D eigenvalue weighted by Crippen LogP contribution is 2.37. The van der Waals surface area contributed by atoms with Crippen LogP contribution < -0.4 is 5.73 Å². The number of halogens is 3. The third-order valence-corrected chi connectivity index (χ3v) is 3.03. The molecule has 2 N–H and O–H groups in total. The van der Waals surface area contributed by atoms with Gasteiger partial charge in [0, 0.05) is 23.7 Å². The Morgan fingerprint density at radius 1 is 1.13 bits per heavy atom. The molecule has 2 rings (SSSR count). The zero-order valence-corrected chi connectivity index (χ0v) is 8.14. The largest absolute Gasteiger partial charge is 0.324 e. The maximum Gasteiger partial charge on any atom is 0.133 e. The predicted octanol–water partition coefficient (Wildman–Crippen LogP) is 2.90. The van der Waals surface area contributed by atoms with Crippen LogP contribution in [0.4, 0.5) is 13.2 Å². The summed E-state index contributed by atoms with van der Waals surface area (Å²) in [5, 5.41) is 0. The van der Waals surface area contributed by atoms with Crippen LogP contribution in [0.3, 0.4) is 0 Å². The molecule has 1 aliphatic rings. The van der Waals surface area contributed by atoms with Gasteiger partial charge in [0.1, 0.15) is 17.5 Å². The van der Waals surface area contributed by atoms with E-state index < -0.39 is 23.5 Å². The van der Waals surface area contributed by atoms with Crippen molar-refractivity contribution < 1.29 is 13.2 Å². The lowest BCUT2D eigenvalue weighted by Gasteiger charge is -2.31. The fourth-order valence-electron chi connectivity index (χ4n) is 1.91. The van der Waals surface area contributed by atoms with Crippen molar-refractivity contribution in [3.05, 3.63) is 35.1 Å². The zero-order chi connectivity index (χ0) is 11.0. The molecule has 0 unspecified atom stereocenters. The predicted molar refractivity (Wildman–Crippen MR) is 50.6 cm³/mol. The summed E-state index contributed by atoms with van der Waals surface area (Å²) >= 11 is 0. The van der Waals surface area contributed by atoms with E-state index in [1.165, 1.54) is 0 Å². The number of hydrogen-bond acceptors (Lipinski definition) is 1. The van der Waals surface area contributed by atoms with Gasteiger partial charge in [-0.25, -0.2) is 13.2 Å². The maximum atomic E-state index is 13.3. The standard InChI is InChI=1S/C11H12F3N/c12-7-4-8(13)10(9(14)5-7)11(15)6-2-1-3-6/h4-6,11H,1-3,15H2/t11-/m1/s1. The number of hydrogen-bond donors (Lipinski definition) is 1. The molecule has 1 aromatic carbocycles. The topological polar surface area (TPSA) is 26.0 Å².